The smallest absolute Gasteiger partial charge is 0.326 e. The molecule has 1 fully saturated rings. The van der Waals surface area contributed by atoms with Crippen molar-refractivity contribution in [2.24, 2.45) is 0 Å². The number of rotatable bonds is 7. The third-order valence-electron chi connectivity index (χ3n) is 4.92. The van der Waals surface area contributed by atoms with Crippen LogP contribution in [0.15, 0.2) is 54.6 Å². The molecule has 0 spiro atoms. The van der Waals surface area contributed by atoms with Gasteiger partial charge in [0, 0.05) is 5.56 Å². The third kappa shape index (κ3) is 4.61. The molecule has 1 saturated heterocycles. The zero-order valence-electron chi connectivity index (χ0n) is 16.1. The Labute approximate surface area is 168 Å². The summed E-state index contributed by atoms with van der Waals surface area (Å²) >= 11 is 0. The van der Waals surface area contributed by atoms with Gasteiger partial charge in [0.15, 0.2) is 0 Å². The number of urea groups is 1. The van der Waals surface area contributed by atoms with Crippen molar-refractivity contribution in [3.05, 3.63) is 71.3 Å². The molecule has 0 bridgehead atoms. The van der Waals surface area contributed by atoms with E-state index in [1.165, 1.54) is 0 Å². The van der Waals surface area contributed by atoms with Crippen molar-refractivity contribution in [1.82, 2.24) is 10.2 Å². The summed E-state index contributed by atoms with van der Waals surface area (Å²) in [5, 5.41) is 11.8. The van der Waals surface area contributed by atoms with Gasteiger partial charge in [0.2, 0.25) is 0 Å². The molecule has 148 valence electrons. The van der Waals surface area contributed by atoms with E-state index in [0.717, 1.165) is 10.5 Å². The number of amides is 3. The molecule has 0 aliphatic carbocycles. The molecule has 3 rings (SSSR count). The summed E-state index contributed by atoms with van der Waals surface area (Å²) < 4.78 is 5.16. The number of hydrogen-bond donors (Lipinski definition) is 1. The van der Waals surface area contributed by atoms with Gasteiger partial charge < -0.3 is 10.1 Å². The number of hydrogen-bond acceptors (Lipinski definition) is 5. The van der Waals surface area contributed by atoms with E-state index < -0.39 is 30.0 Å². The number of esters is 1. The number of benzene rings is 2. The lowest BCUT2D eigenvalue weighted by Gasteiger charge is -2.21. The molecular weight excluding hydrogens is 370 g/mol. The minimum absolute atomic E-state index is 0.0997. The Morgan fingerprint density at radius 3 is 2.55 bits per heavy atom. The van der Waals surface area contributed by atoms with Crippen LogP contribution in [0, 0.1) is 11.3 Å². The SMILES string of the molecule is C[C@@]1(CCc2ccccc2)NC(=O)N(CC(=O)OCc2ccccc2C#N)C1=O. The fourth-order valence-electron chi connectivity index (χ4n) is 3.19. The molecule has 7 nitrogen and oxygen atoms in total. The van der Waals surface area contributed by atoms with Gasteiger partial charge in [-0.1, -0.05) is 48.5 Å². The molecule has 1 heterocycles. The monoisotopic (exact) mass is 391 g/mol. The molecule has 0 radical (unpaired) electrons. The summed E-state index contributed by atoms with van der Waals surface area (Å²) in [5.41, 5.74) is 0.961. The zero-order chi connectivity index (χ0) is 20.9. The molecule has 1 atom stereocenters. The molecule has 7 heteroatoms. The minimum atomic E-state index is -1.07. The van der Waals surface area contributed by atoms with Crippen molar-refractivity contribution < 1.29 is 19.1 Å². The summed E-state index contributed by atoms with van der Waals surface area (Å²) in [6, 6.07) is 17.8. The number of nitrogens with one attached hydrogen (secondary N) is 1. The van der Waals surface area contributed by atoms with Crippen LogP contribution in [0.4, 0.5) is 4.79 Å². The van der Waals surface area contributed by atoms with Crippen molar-refractivity contribution in [2.75, 3.05) is 6.54 Å². The van der Waals surface area contributed by atoms with Crippen LogP contribution in [-0.2, 0) is 27.4 Å². The van der Waals surface area contributed by atoms with Crippen LogP contribution < -0.4 is 5.32 Å². The van der Waals surface area contributed by atoms with Gasteiger partial charge in [-0.25, -0.2) is 4.79 Å². The normalized spacial score (nSPS) is 18.3. The first-order valence-electron chi connectivity index (χ1n) is 9.24. The van der Waals surface area contributed by atoms with Gasteiger partial charge in [-0.05, 0) is 31.4 Å². The van der Waals surface area contributed by atoms with Crippen molar-refractivity contribution in [2.45, 2.75) is 31.9 Å². The Balaban J connectivity index is 1.58. The van der Waals surface area contributed by atoms with Crippen LogP contribution in [-0.4, -0.2) is 34.9 Å². The van der Waals surface area contributed by atoms with Crippen LogP contribution in [0.1, 0.15) is 30.0 Å². The zero-order valence-corrected chi connectivity index (χ0v) is 16.1. The Hall–Kier alpha value is -3.66. The fourth-order valence-corrected chi connectivity index (χ4v) is 3.19. The Bertz CT molecular complexity index is 968. The second-order valence-corrected chi connectivity index (χ2v) is 7.07. The van der Waals surface area contributed by atoms with Crippen molar-refractivity contribution in [3.63, 3.8) is 0 Å². The number of nitriles is 1. The van der Waals surface area contributed by atoms with E-state index in [0.29, 0.717) is 24.0 Å². The first-order chi connectivity index (χ1) is 13.9. The van der Waals surface area contributed by atoms with E-state index in [2.05, 4.69) is 5.32 Å². The molecule has 2 aromatic rings. The summed E-state index contributed by atoms with van der Waals surface area (Å²) in [6.45, 7) is 1.09. The number of carbonyl (C=O) groups excluding carboxylic acids is 3. The predicted molar refractivity (Wildman–Crippen MR) is 104 cm³/mol. The van der Waals surface area contributed by atoms with Gasteiger partial charge in [0.1, 0.15) is 18.7 Å². The third-order valence-corrected chi connectivity index (χ3v) is 4.92. The van der Waals surface area contributed by atoms with Crippen LogP contribution in [0.2, 0.25) is 0 Å². The highest BCUT2D eigenvalue weighted by molar-refractivity contribution is 6.08. The van der Waals surface area contributed by atoms with E-state index >= 15 is 0 Å². The van der Waals surface area contributed by atoms with E-state index in [9.17, 15) is 14.4 Å². The van der Waals surface area contributed by atoms with E-state index in [1.807, 2.05) is 36.4 Å². The molecule has 1 N–H and O–H groups in total. The van der Waals surface area contributed by atoms with Crippen LogP contribution >= 0.6 is 0 Å². The maximum Gasteiger partial charge on any atom is 0.326 e. The molecule has 0 aromatic heterocycles. The highest BCUT2D eigenvalue weighted by atomic mass is 16.5. The number of ether oxygens (including phenoxy) is 1. The summed E-state index contributed by atoms with van der Waals surface area (Å²) in [4.78, 5) is 38.1. The summed E-state index contributed by atoms with van der Waals surface area (Å²) in [6.07, 6.45) is 1.04. The predicted octanol–water partition coefficient (Wildman–Crippen LogP) is 2.54. The van der Waals surface area contributed by atoms with E-state index in [-0.39, 0.29) is 6.61 Å². The highest BCUT2D eigenvalue weighted by Crippen LogP contribution is 2.23. The number of carbonyl (C=O) groups is 3. The van der Waals surface area contributed by atoms with Crippen molar-refractivity contribution >= 4 is 17.9 Å². The molecule has 2 aromatic carbocycles. The topological polar surface area (TPSA) is 99.5 Å². The van der Waals surface area contributed by atoms with Crippen molar-refractivity contribution in [1.29, 1.82) is 5.26 Å². The highest BCUT2D eigenvalue weighted by Gasteiger charge is 2.48. The minimum Gasteiger partial charge on any atom is -0.459 e. The van der Waals surface area contributed by atoms with Gasteiger partial charge >= 0.3 is 12.0 Å². The first-order valence-corrected chi connectivity index (χ1v) is 9.24. The molecule has 0 unspecified atom stereocenters. The van der Waals surface area contributed by atoms with Gasteiger partial charge in [-0.15, -0.1) is 0 Å². The number of imide groups is 1. The number of nitrogens with zero attached hydrogens (tertiary/aromatic N) is 2. The van der Waals surface area contributed by atoms with E-state index in [1.54, 1.807) is 31.2 Å². The molecule has 29 heavy (non-hydrogen) atoms. The van der Waals surface area contributed by atoms with Gasteiger partial charge in [0.05, 0.1) is 11.6 Å². The molecule has 1 aliphatic rings. The Morgan fingerprint density at radius 2 is 1.83 bits per heavy atom. The Morgan fingerprint density at radius 1 is 1.14 bits per heavy atom. The van der Waals surface area contributed by atoms with Gasteiger partial charge in [0.25, 0.3) is 5.91 Å². The van der Waals surface area contributed by atoms with Gasteiger partial charge in [-0.3, -0.25) is 14.5 Å². The van der Waals surface area contributed by atoms with E-state index in [4.69, 9.17) is 10.00 Å². The first kappa shape index (κ1) is 20.1. The van der Waals surface area contributed by atoms with Crippen molar-refractivity contribution in [3.8, 4) is 6.07 Å². The summed E-state index contributed by atoms with van der Waals surface area (Å²) in [5.74, 6) is -1.17. The largest absolute Gasteiger partial charge is 0.459 e. The Kier molecular flexibility index (Phi) is 5.93. The quantitative estimate of drug-likeness (QED) is 0.578. The lowest BCUT2D eigenvalue weighted by molar-refractivity contribution is -0.148. The van der Waals surface area contributed by atoms with Gasteiger partial charge in [-0.2, -0.15) is 5.26 Å². The molecule has 1 aliphatic heterocycles. The second kappa shape index (κ2) is 8.57. The molecule has 3 amide bonds. The fraction of sp³-hybridized carbons (Fsp3) is 0.273. The summed E-state index contributed by atoms with van der Waals surface area (Å²) in [7, 11) is 0. The number of aryl methyl sites for hydroxylation is 1. The lowest BCUT2D eigenvalue weighted by Crippen LogP contribution is -2.44. The average Bonchev–Trinajstić information content (AvgIpc) is 2.95. The second-order valence-electron chi connectivity index (χ2n) is 7.07. The molecule has 0 saturated carbocycles. The molecular formula is C22H21N3O4. The van der Waals surface area contributed by atoms with Crippen LogP contribution in [0.25, 0.3) is 0 Å². The van der Waals surface area contributed by atoms with Crippen LogP contribution in [0.3, 0.4) is 0 Å². The maximum atomic E-state index is 12.8. The standard InChI is InChI=1S/C22H21N3O4/c1-22(12-11-16-7-3-2-4-8-16)20(27)25(21(28)24-22)14-19(26)29-15-18-10-6-5-9-17(18)13-23/h2-10H,11-12,14-15H2,1H3,(H,24,28)/t22-/m0/s1. The maximum absolute atomic E-state index is 12.8. The van der Waals surface area contributed by atoms with Crippen LogP contribution in [0.5, 0.6) is 0 Å². The average molecular weight is 391 g/mol. The lowest BCUT2D eigenvalue weighted by atomic mass is 9.93.